The molecule has 1 aromatic carbocycles. The Labute approximate surface area is 127 Å². The van der Waals surface area contributed by atoms with E-state index in [1.54, 1.807) is 14.2 Å². The molecule has 0 aromatic heterocycles. The van der Waals surface area contributed by atoms with Crippen molar-refractivity contribution in [2.45, 2.75) is 18.2 Å². The summed E-state index contributed by atoms with van der Waals surface area (Å²) in [7, 11) is 7.57. The van der Waals surface area contributed by atoms with E-state index in [1.165, 1.54) is 11.3 Å². The summed E-state index contributed by atoms with van der Waals surface area (Å²) >= 11 is 0. The number of hydrogen-bond donors (Lipinski definition) is 1. The van der Waals surface area contributed by atoms with E-state index in [-0.39, 0.29) is 18.2 Å². The second-order valence-corrected chi connectivity index (χ2v) is 5.74. The average Bonchev–Trinajstić information content (AvgIpc) is 2.91. The Morgan fingerprint density at radius 3 is 2.05 bits per heavy atom. The Hall–Kier alpha value is -1.14. The van der Waals surface area contributed by atoms with E-state index in [9.17, 15) is 0 Å². The minimum atomic E-state index is 0.116. The van der Waals surface area contributed by atoms with E-state index in [0.717, 1.165) is 13.1 Å². The lowest BCUT2D eigenvalue weighted by Crippen LogP contribution is -2.33. The lowest BCUT2D eigenvalue weighted by atomic mass is 10.1. The molecule has 1 heterocycles. The molecule has 0 spiro atoms. The molecule has 1 aliphatic rings. The first-order valence-electron chi connectivity index (χ1n) is 7.37. The number of anilines is 1. The zero-order chi connectivity index (χ0) is 15.4. The van der Waals surface area contributed by atoms with E-state index in [0.29, 0.717) is 6.54 Å². The van der Waals surface area contributed by atoms with Gasteiger partial charge in [-0.05, 0) is 17.7 Å². The summed E-state index contributed by atoms with van der Waals surface area (Å²) < 4.78 is 11.0. The minimum Gasteiger partial charge on any atom is -0.378 e. The van der Waals surface area contributed by atoms with Crippen LogP contribution >= 0.6 is 0 Å². The Bertz CT molecular complexity index is 424. The molecule has 2 N–H and O–H groups in total. The van der Waals surface area contributed by atoms with Crippen LogP contribution in [0.1, 0.15) is 11.6 Å². The van der Waals surface area contributed by atoms with E-state index in [2.05, 4.69) is 34.1 Å². The summed E-state index contributed by atoms with van der Waals surface area (Å²) in [5.41, 5.74) is 8.46. The van der Waals surface area contributed by atoms with Gasteiger partial charge in [-0.15, -0.1) is 0 Å². The number of rotatable bonds is 6. The predicted molar refractivity (Wildman–Crippen MR) is 85.7 cm³/mol. The first kappa shape index (κ1) is 16.2. The summed E-state index contributed by atoms with van der Waals surface area (Å²) in [4.78, 5) is 4.45. The van der Waals surface area contributed by atoms with Gasteiger partial charge in [0.05, 0.1) is 12.2 Å². The molecule has 1 saturated heterocycles. The topological polar surface area (TPSA) is 51.0 Å². The molecule has 3 unspecified atom stereocenters. The van der Waals surface area contributed by atoms with Gasteiger partial charge in [-0.1, -0.05) is 12.1 Å². The van der Waals surface area contributed by atoms with Crippen LogP contribution in [0.15, 0.2) is 24.3 Å². The second kappa shape index (κ2) is 7.22. The SMILES string of the molecule is COC1CN(C(CN)c2ccc(N(C)C)cc2)CC1OC. The molecule has 0 bridgehead atoms. The molecule has 5 heteroatoms. The third-order valence-electron chi connectivity index (χ3n) is 4.31. The lowest BCUT2D eigenvalue weighted by Gasteiger charge is -2.27. The number of ether oxygens (including phenoxy) is 2. The van der Waals surface area contributed by atoms with Crippen LogP contribution in [0, 0.1) is 0 Å². The monoisotopic (exact) mass is 293 g/mol. The molecule has 1 aromatic rings. The Morgan fingerprint density at radius 1 is 1.14 bits per heavy atom. The molecular weight excluding hydrogens is 266 g/mol. The van der Waals surface area contributed by atoms with Gasteiger partial charge in [-0.2, -0.15) is 0 Å². The Morgan fingerprint density at radius 2 is 1.67 bits per heavy atom. The van der Waals surface area contributed by atoms with Gasteiger partial charge in [0.2, 0.25) is 0 Å². The van der Waals surface area contributed by atoms with Crippen molar-refractivity contribution in [3.63, 3.8) is 0 Å². The standard InChI is InChI=1S/C16H27N3O2/c1-18(2)13-7-5-12(6-8-13)14(9-17)19-10-15(20-3)16(11-19)21-4/h5-8,14-16H,9-11,17H2,1-4H3. The molecule has 0 saturated carbocycles. The highest BCUT2D eigenvalue weighted by Gasteiger charge is 2.36. The van der Waals surface area contributed by atoms with Gasteiger partial charge in [-0.3, -0.25) is 4.90 Å². The molecule has 1 fully saturated rings. The third kappa shape index (κ3) is 3.55. The first-order chi connectivity index (χ1) is 10.1. The molecule has 2 rings (SSSR count). The van der Waals surface area contributed by atoms with Crippen molar-refractivity contribution in [1.82, 2.24) is 4.90 Å². The summed E-state index contributed by atoms with van der Waals surface area (Å²) in [5, 5.41) is 0. The van der Waals surface area contributed by atoms with Gasteiger partial charge < -0.3 is 20.1 Å². The van der Waals surface area contributed by atoms with Crippen LogP contribution in [0.25, 0.3) is 0 Å². The second-order valence-electron chi connectivity index (χ2n) is 5.74. The van der Waals surface area contributed by atoms with E-state index in [1.807, 2.05) is 14.1 Å². The summed E-state index contributed by atoms with van der Waals surface area (Å²) in [6, 6.07) is 8.80. The highest BCUT2D eigenvalue weighted by atomic mass is 16.5. The number of likely N-dealkylation sites (tertiary alicyclic amines) is 1. The van der Waals surface area contributed by atoms with Crippen LogP contribution in [0.4, 0.5) is 5.69 Å². The van der Waals surface area contributed by atoms with Crippen molar-refractivity contribution < 1.29 is 9.47 Å². The highest BCUT2D eigenvalue weighted by molar-refractivity contribution is 5.46. The maximum atomic E-state index is 6.02. The van der Waals surface area contributed by atoms with Gasteiger partial charge in [0.25, 0.3) is 0 Å². The van der Waals surface area contributed by atoms with Crippen LogP contribution in [-0.4, -0.2) is 65.1 Å². The molecule has 0 aliphatic carbocycles. The normalized spacial score (nSPS) is 24.2. The number of nitrogens with zero attached hydrogens (tertiary/aromatic N) is 2. The van der Waals surface area contributed by atoms with Crippen LogP contribution in [0.5, 0.6) is 0 Å². The van der Waals surface area contributed by atoms with Crippen LogP contribution < -0.4 is 10.6 Å². The van der Waals surface area contributed by atoms with Crippen LogP contribution in [-0.2, 0) is 9.47 Å². The molecule has 5 nitrogen and oxygen atoms in total. The Kier molecular flexibility index (Phi) is 5.58. The van der Waals surface area contributed by atoms with Gasteiger partial charge in [0, 0.05) is 59.7 Å². The molecule has 3 atom stereocenters. The summed E-state index contributed by atoms with van der Waals surface area (Å²) in [6.45, 7) is 2.30. The smallest absolute Gasteiger partial charge is 0.0972 e. The van der Waals surface area contributed by atoms with E-state index in [4.69, 9.17) is 15.2 Å². The number of methoxy groups -OCH3 is 2. The van der Waals surface area contributed by atoms with Crippen molar-refractivity contribution >= 4 is 5.69 Å². The summed E-state index contributed by atoms with van der Waals surface area (Å²) in [5.74, 6) is 0. The van der Waals surface area contributed by atoms with Crippen LogP contribution in [0.3, 0.4) is 0 Å². The molecule has 21 heavy (non-hydrogen) atoms. The van der Waals surface area contributed by atoms with Crippen molar-refractivity contribution in [2.75, 3.05) is 52.8 Å². The minimum absolute atomic E-state index is 0.116. The Balaban J connectivity index is 2.12. The van der Waals surface area contributed by atoms with Gasteiger partial charge in [-0.25, -0.2) is 0 Å². The maximum absolute atomic E-state index is 6.02. The number of nitrogens with two attached hydrogens (primary N) is 1. The predicted octanol–water partition coefficient (Wildman–Crippen LogP) is 1.10. The number of benzene rings is 1. The van der Waals surface area contributed by atoms with E-state index < -0.39 is 0 Å². The van der Waals surface area contributed by atoms with Crippen molar-refractivity contribution in [1.29, 1.82) is 0 Å². The molecule has 118 valence electrons. The fraction of sp³-hybridized carbons (Fsp3) is 0.625. The zero-order valence-electron chi connectivity index (χ0n) is 13.5. The largest absolute Gasteiger partial charge is 0.378 e. The fourth-order valence-electron chi connectivity index (χ4n) is 2.97. The van der Waals surface area contributed by atoms with Crippen LogP contribution in [0.2, 0.25) is 0 Å². The number of hydrogen-bond acceptors (Lipinski definition) is 5. The average molecular weight is 293 g/mol. The quantitative estimate of drug-likeness (QED) is 0.851. The van der Waals surface area contributed by atoms with Gasteiger partial charge in [0.15, 0.2) is 0 Å². The van der Waals surface area contributed by atoms with Crippen molar-refractivity contribution in [3.05, 3.63) is 29.8 Å². The van der Waals surface area contributed by atoms with Crippen molar-refractivity contribution in [2.24, 2.45) is 5.73 Å². The van der Waals surface area contributed by atoms with Gasteiger partial charge >= 0.3 is 0 Å². The third-order valence-corrected chi connectivity index (χ3v) is 4.31. The van der Waals surface area contributed by atoms with Crippen molar-refractivity contribution in [3.8, 4) is 0 Å². The first-order valence-corrected chi connectivity index (χ1v) is 7.37. The summed E-state index contributed by atoms with van der Waals surface area (Å²) in [6.07, 6.45) is 0.232. The van der Waals surface area contributed by atoms with Gasteiger partial charge in [0.1, 0.15) is 0 Å². The molecule has 0 radical (unpaired) electrons. The lowest BCUT2D eigenvalue weighted by molar-refractivity contribution is -0.00461. The fourth-order valence-corrected chi connectivity index (χ4v) is 2.97. The zero-order valence-corrected chi connectivity index (χ0v) is 13.5. The van der Waals surface area contributed by atoms with E-state index >= 15 is 0 Å². The molecule has 1 aliphatic heterocycles. The molecule has 0 amide bonds. The molecular formula is C16H27N3O2. The maximum Gasteiger partial charge on any atom is 0.0972 e. The highest BCUT2D eigenvalue weighted by Crippen LogP contribution is 2.27.